The van der Waals surface area contributed by atoms with Crippen molar-refractivity contribution in [3.63, 3.8) is 0 Å². The number of nitrogens with one attached hydrogen (secondary N) is 1. The van der Waals surface area contributed by atoms with Crippen molar-refractivity contribution < 1.29 is 4.79 Å². The van der Waals surface area contributed by atoms with Crippen molar-refractivity contribution >= 4 is 11.6 Å². The predicted octanol–water partition coefficient (Wildman–Crippen LogP) is 1.68. The molecule has 1 fully saturated rings. The zero-order valence-corrected chi connectivity index (χ0v) is 12.6. The highest BCUT2D eigenvalue weighted by Crippen LogP contribution is 2.17. The Bertz CT molecular complexity index is 461. The summed E-state index contributed by atoms with van der Waals surface area (Å²) < 4.78 is 0. The Labute approximate surface area is 121 Å². The molecule has 1 saturated heterocycles. The molecule has 2 rings (SSSR count). The van der Waals surface area contributed by atoms with E-state index in [0.29, 0.717) is 11.7 Å². The van der Waals surface area contributed by atoms with E-state index >= 15 is 0 Å². The average molecular weight is 276 g/mol. The largest absolute Gasteiger partial charge is 0.385 e. The standard InChI is InChI=1S/C15H24N4O/c1-4-16-12-7-8-17-14(10-12)15(20)19-9-5-6-13(11-19)18(2)3/h7-8,10,13H,4-6,9,11H2,1-3H3,(H,16,17). The number of rotatable bonds is 4. The molecule has 5 nitrogen and oxygen atoms in total. The zero-order chi connectivity index (χ0) is 14.5. The predicted molar refractivity (Wildman–Crippen MR) is 81.0 cm³/mol. The minimum absolute atomic E-state index is 0.0382. The van der Waals surface area contributed by atoms with Crippen LogP contribution >= 0.6 is 0 Å². The van der Waals surface area contributed by atoms with Gasteiger partial charge in [0.2, 0.25) is 0 Å². The molecule has 0 aliphatic carbocycles. The van der Waals surface area contributed by atoms with Gasteiger partial charge in [-0.1, -0.05) is 0 Å². The van der Waals surface area contributed by atoms with Gasteiger partial charge in [-0.25, -0.2) is 0 Å². The van der Waals surface area contributed by atoms with Crippen LogP contribution in [0.5, 0.6) is 0 Å². The SMILES string of the molecule is CCNc1ccnc(C(=O)N2CCCC(N(C)C)C2)c1. The molecular weight excluding hydrogens is 252 g/mol. The van der Waals surface area contributed by atoms with Crippen LogP contribution in [0.25, 0.3) is 0 Å². The fourth-order valence-corrected chi connectivity index (χ4v) is 2.58. The second kappa shape index (κ2) is 6.70. The topological polar surface area (TPSA) is 48.5 Å². The molecule has 5 heteroatoms. The molecule has 20 heavy (non-hydrogen) atoms. The van der Waals surface area contributed by atoms with Gasteiger partial charge < -0.3 is 15.1 Å². The monoisotopic (exact) mass is 276 g/mol. The zero-order valence-electron chi connectivity index (χ0n) is 12.6. The minimum atomic E-state index is 0.0382. The van der Waals surface area contributed by atoms with Gasteiger partial charge in [-0.05, 0) is 46.0 Å². The molecular formula is C15H24N4O. The molecule has 0 bridgehead atoms. The van der Waals surface area contributed by atoms with Crippen molar-refractivity contribution in [3.8, 4) is 0 Å². The van der Waals surface area contributed by atoms with E-state index in [2.05, 4.69) is 29.3 Å². The summed E-state index contributed by atoms with van der Waals surface area (Å²) in [6.07, 6.45) is 3.90. The van der Waals surface area contributed by atoms with Crippen LogP contribution in [0.1, 0.15) is 30.3 Å². The van der Waals surface area contributed by atoms with E-state index in [1.807, 2.05) is 24.0 Å². The number of hydrogen-bond donors (Lipinski definition) is 1. The van der Waals surface area contributed by atoms with Crippen LogP contribution in [0.3, 0.4) is 0 Å². The Morgan fingerprint density at radius 3 is 3.05 bits per heavy atom. The number of likely N-dealkylation sites (tertiary alicyclic amines) is 1. The highest BCUT2D eigenvalue weighted by molar-refractivity contribution is 5.93. The van der Waals surface area contributed by atoms with Gasteiger partial charge >= 0.3 is 0 Å². The summed E-state index contributed by atoms with van der Waals surface area (Å²) in [6.45, 7) is 4.49. The van der Waals surface area contributed by atoms with Crippen LogP contribution in [0.4, 0.5) is 5.69 Å². The van der Waals surface area contributed by atoms with Gasteiger partial charge in [0.25, 0.3) is 5.91 Å². The summed E-state index contributed by atoms with van der Waals surface area (Å²) in [5, 5.41) is 3.21. The van der Waals surface area contributed by atoms with Crippen molar-refractivity contribution in [1.29, 1.82) is 0 Å². The Morgan fingerprint density at radius 2 is 2.35 bits per heavy atom. The van der Waals surface area contributed by atoms with E-state index < -0.39 is 0 Å². The van der Waals surface area contributed by atoms with Crippen LogP contribution in [0, 0.1) is 0 Å². The van der Waals surface area contributed by atoms with E-state index in [1.165, 1.54) is 0 Å². The number of likely N-dealkylation sites (N-methyl/N-ethyl adjacent to an activating group) is 1. The quantitative estimate of drug-likeness (QED) is 0.909. The number of carbonyl (C=O) groups is 1. The highest BCUT2D eigenvalue weighted by atomic mass is 16.2. The first-order valence-corrected chi connectivity index (χ1v) is 7.27. The van der Waals surface area contributed by atoms with Crippen molar-refractivity contribution in [2.24, 2.45) is 0 Å². The maximum Gasteiger partial charge on any atom is 0.272 e. The lowest BCUT2D eigenvalue weighted by Gasteiger charge is -2.36. The van der Waals surface area contributed by atoms with Crippen LogP contribution < -0.4 is 5.32 Å². The molecule has 0 aromatic carbocycles. The van der Waals surface area contributed by atoms with Crippen molar-refractivity contribution in [1.82, 2.24) is 14.8 Å². The summed E-state index contributed by atoms with van der Waals surface area (Å²) in [5.41, 5.74) is 1.48. The smallest absolute Gasteiger partial charge is 0.272 e. The molecule has 1 aromatic heterocycles. The van der Waals surface area contributed by atoms with Gasteiger partial charge in [-0.2, -0.15) is 0 Å². The third kappa shape index (κ3) is 3.48. The number of aromatic nitrogens is 1. The van der Waals surface area contributed by atoms with Gasteiger partial charge in [0.15, 0.2) is 0 Å². The molecule has 1 aliphatic rings. The molecule has 0 saturated carbocycles. The van der Waals surface area contributed by atoms with Crippen LogP contribution in [0.15, 0.2) is 18.3 Å². The number of pyridine rings is 1. The lowest BCUT2D eigenvalue weighted by molar-refractivity contribution is 0.0629. The summed E-state index contributed by atoms with van der Waals surface area (Å²) in [6, 6.07) is 4.18. The van der Waals surface area contributed by atoms with Crippen LogP contribution in [-0.2, 0) is 0 Å². The number of carbonyl (C=O) groups excluding carboxylic acids is 1. The van der Waals surface area contributed by atoms with E-state index in [0.717, 1.165) is 38.2 Å². The first-order valence-electron chi connectivity index (χ1n) is 7.27. The summed E-state index contributed by atoms with van der Waals surface area (Å²) in [4.78, 5) is 20.9. The third-order valence-corrected chi connectivity index (χ3v) is 3.77. The Morgan fingerprint density at radius 1 is 1.55 bits per heavy atom. The lowest BCUT2D eigenvalue weighted by Crippen LogP contribution is -2.47. The van der Waals surface area contributed by atoms with Gasteiger partial charge in [-0.3, -0.25) is 9.78 Å². The lowest BCUT2D eigenvalue weighted by atomic mass is 10.0. The number of amides is 1. The molecule has 1 aromatic rings. The first kappa shape index (κ1) is 14.8. The molecule has 110 valence electrons. The van der Waals surface area contributed by atoms with Gasteiger partial charge in [0, 0.05) is 37.6 Å². The Hall–Kier alpha value is -1.62. The maximum atomic E-state index is 12.5. The first-order chi connectivity index (χ1) is 9.61. The summed E-state index contributed by atoms with van der Waals surface area (Å²) >= 11 is 0. The van der Waals surface area contributed by atoms with Crippen molar-refractivity contribution in [2.45, 2.75) is 25.8 Å². The molecule has 1 aliphatic heterocycles. The van der Waals surface area contributed by atoms with Gasteiger partial charge in [0.05, 0.1) is 0 Å². The number of hydrogen-bond acceptors (Lipinski definition) is 4. The van der Waals surface area contributed by atoms with Gasteiger partial charge in [-0.15, -0.1) is 0 Å². The van der Waals surface area contributed by atoms with Crippen LogP contribution in [-0.4, -0.2) is 60.5 Å². The minimum Gasteiger partial charge on any atom is -0.385 e. The molecule has 1 amide bonds. The number of nitrogens with zero attached hydrogens (tertiary/aromatic N) is 3. The summed E-state index contributed by atoms with van der Waals surface area (Å²) in [5.74, 6) is 0.0382. The Balaban J connectivity index is 2.08. The highest BCUT2D eigenvalue weighted by Gasteiger charge is 2.26. The molecule has 0 radical (unpaired) electrons. The third-order valence-electron chi connectivity index (χ3n) is 3.77. The second-order valence-corrected chi connectivity index (χ2v) is 5.47. The van der Waals surface area contributed by atoms with Crippen LogP contribution in [0.2, 0.25) is 0 Å². The second-order valence-electron chi connectivity index (χ2n) is 5.47. The fourth-order valence-electron chi connectivity index (χ4n) is 2.58. The van der Waals surface area contributed by atoms with E-state index in [9.17, 15) is 4.79 Å². The van der Waals surface area contributed by atoms with E-state index in [-0.39, 0.29) is 5.91 Å². The van der Waals surface area contributed by atoms with Crippen molar-refractivity contribution in [2.75, 3.05) is 39.0 Å². The maximum absolute atomic E-state index is 12.5. The normalized spacial score (nSPS) is 19.2. The molecule has 0 spiro atoms. The average Bonchev–Trinajstić information content (AvgIpc) is 2.47. The van der Waals surface area contributed by atoms with Crippen molar-refractivity contribution in [3.05, 3.63) is 24.0 Å². The number of piperidine rings is 1. The summed E-state index contributed by atoms with van der Waals surface area (Å²) in [7, 11) is 4.14. The molecule has 1 N–H and O–H groups in total. The van der Waals surface area contributed by atoms with E-state index in [4.69, 9.17) is 0 Å². The molecule has 1 atom stereocenters. The van der Waals surface area contributed by atoms with Gasteiger partial charge in [0.1, 0.15) is 5.69 Å². The fraction of sp³-hybridized carbons (Fsp3) is 0.600. The molecule has 2 heterocycles. The van der Waals surface area contributed by atoms with E-state index in [1.54, 1.807) is 6.20 Å². The molecule has 1 unspecified atom stereocenters. The number of anilines is 1. The Kier molecular flexibility index (Phi) is 4.95.